The van der Waals surface area contributed by atoms with E-state index in [1.54, 1.807) is 11.8 Å². The summed E-state index contributed by atoms with van der Waals surface area (Å²) in [5.41, 5.74) is 1.18. The number of hydrogen-bond donors (Lipinski definition) is 0. The zero-order valence-corrected chi connectivity index (χ0v) is 7.49. The maximum Gasteiger partial charge on any atom is 0.123 e. The topological polar surface area (TPSA) is 0 Å². The molecule has 0 fully saturated rings. The van der Waals surface area contributed by atoms with E-state index in [-0.39, 0.29) is 5.82 Å². The van der Waals surface area contributed by atoms with Gasteiger partial charge in [-0.05, 0) is 30.9 Å². The Labute approximate surface area is 70.8 Å². The Morgan fingerprint density at radius 3 is 2.27 bits per heavy atom. The summed E-state index contributed by atoms with van der Waals surface area (Å²) in [4.78, 5) is 0. The van der Waals surface area contributed by atoms with Crippen LogP contribution in [0, 0.1) is 5.82 Å². The molecule has 0 radical (unpaired) electrons. The predicted molar refractivity (Wildman–Crippen MR) is 48.3 cm³/mol. The van der Waals surface area contributed by atoms with Gasteiger partial charge in [-0.1, -0.05) is 12.1 Å². The lowest BCUT2D eigenvalue weighted by atomic mass is 10.2. The molecule has 1 unspecified atom stereocenters. The summed E-state index contributed by atoms with van der Waals surface area (Å²) in [7, 11) is 0. The van der Waals surface area contributed by atoms with Crippen LogP contribution in [-0.2, 0) is 0 Å². The van der Waals surface area contributed by atoms with Crippen LogP contribution >= 0.6 is 11.8 Å². The summed E-state index contributed by atoms with van der Waals surface area (Å²) < 4.78 is 12.4. The minimum Gasteiger partial charge on any atom is -0.207 e. The van der Waals surface area contributed by atoms with E-state index in [4.69, 9.17) is 0 Å². The van der Waals surface area contributed by atoms with Crippen molar-refractivity contribution in [1.82, 2.24) is 0 Å². The van der Waals surface area contributed by atoms with Gasteiger partial charge in [0.05, 0.1) is 0 Å². The van der Waals surface area contributed by atoms with E-state index in [0.29, 0.717) is 5.25 Å². The molecule has 1 rings (SSSR count). The molecule has 0 aliphatic heterocycles. The van der Waals surface area contributed by atoms with Gasteiger partial charge in [0.1, 0.15) is 5.82 Å². The van der Waals surface area contributed by atoms with Gasteiger partial charge in [-0.25, -0.2) is 4.39 Å². The van der Waals surface area contributed by atoms with Crippen molar-refractivity contribution in [2.45, 2.75) is 12.2 Å². The van der Waals surface area contributed by atoms with Crippen molar-refractivity contribution < 1.29 is 4.39 Å². The summed E-state index contributed by atoms with van der Waals surface area (Å²) in [6.45, 7) is 2.11. The molecule has 0 nitrogen and oxygen atoms in total. The second-order valence-corrected chi connectivity index (χ2v) is 3.61. The van der Waals surface area contributed by atoms with Crippen molar-refractivity contribution in [2.24, 2.45) is 0 Å². The first-order valence-electron chi connectivity index (χ1n) is 3.52. The zero-order valence-electron chi connectivity index (χ0n) is 6.67. The van der Waals surface area contributed by atoms with Crippen LogP contribution < -0.4 is 0 Å². The third-order valence-corrected chi connectivity index (χ3v) is 2.67. The van der Waals surface area contributed by atoms with Crippen LogP contribution in [0.25, 0.3) is 0 Å². The summed E-state index contributed by atoms with van der Waals surface area (Å²) in [5, 5.41) is 0.454. The summed E-state index contributed by atoms with van der Waals surface area (Å²) in [6, 6.07) is 6.66. The van der Waals surface area contributed by atoms with Crippen molar-refractivity contribution in [1.29, 1.82) is 0 Å². The first-order valence-corrected chi connectivity index (χ1v) is 4.81. The molecule has 1 aromatic carbocycles. The van der Waals surface area contributed by atoms with Crippen molar-refractivity contribution in [3.8, 4) is 0 Å². The van der Waals surface area contributed by atoms with E-state index in [0.717, 1.165) is 0 Å². The highest BCUT2D eigenvalue weighted by Crippen LogP contribution is 2.25. The van der Waals surface area contributed by atoms with E-state index in [1.807, 2.05) is 18.4 Å². The molecule has 0 aromatic heterocycles. The maximum absolute atomic E-state index is 12.4. The minimum atomic E-state index is -0.165. The largest absolute Gasteiger partial charge is 0.207 e. The average Bonchev–Trinajstić information content (AvgIpc) is 2.05. The molecule has 11 heavy (non-hydrogen) atoms. The van der Waals surface area contributed by atoms with Gasteiger partial charge in [0.2, 0.25) is 0 Å². The molecule has 0 saturated heterocycles. The van der Waals surface area contributed by atoms with Crippen LogP contribution in [0.1, 0.15) is 17.7 Å². The number of hydrogen-bond acceptors (Lipinski definition) is 1. The molecular weight excluding hydrogens is 159 g/mol. The van der Waals surface area contributed by atoms with Crippen LogP contribution in [-0.4, -0.2) is 6.26 Å². The highest BCUT2D eigenvalue weighted by molar-refractivity contribution is 7.98. The minimum absolute atomic E-state index is 0.165. The molecule has 0 aliphatic rings. The number of benzene rings is 1. The fourth-order valence-electron chi connectivity index (χ4n) is 0.870. The van der Waals surface area contributed by atoms with Crippen molar-refractivity contribution in [3.63, 3.8) is 0 Å². The molecular formula is C9H11FS. The molecule has 0 aliphatic carbocycles. The third kappa shape index (κ3) is 2.22. The van der Waals surface area contributed by atoms with Crippen LogP contribution in [0.3, 0.4) is 0 Å². The Bertz CT molecular complexity index is 218. The second kappa shape index (κ2) is 3.77. The molecule has 0 N–H and O–H groups in total. The van der Waals surface area contributed by atoms with E-state index in [2.05, 4.69) is 6.92 Å². The van der Waals surface area contributed by atoms with Gasteiger partial charge in [-0.2, -0.15) is 11.8 Å². The summed E-state index contributed by atoms with van der Waals surface area (Å²) >= 11 is 1.76. The van der Waals surface area contributed by atoms with Gasteiger partial charge in [0.25, 0.3) is 0 Å². The smallest absolute Gasteiger partial charge is 0.123 e. The molecule has 1 aromatic rings. The van der Waals surface area contributed by atoms with Gasteiger partial charge in [-0.3, -0.25) is 0 Å². The molecule has 60 valence electrons. The van der Waals surface area contributed by atoms with Gasteiger partial charge in [-0.15, -0.1) is 0 Å². The number of thioether (sulfide) groups is 1. The van der Waals surface area contributed by atoms with E-state index < -0.39 is 0 Å². The second-order valence-electron chi connectivity index (χ2n) is 2.43. The first-order chi connectivity index (χ1) is 5.24. The lowest BCUT2D eigenvalue weighted by molar-refractivity contribution is 0.627. The van der Waals surface area contributed by atoms with Crippen LogP contribution in [0.5, 0.6) is 0 Å². The Morgan fingerprint density at radius 1 is 1.27 bits per heavy atom. The van der Waals surface area contributed by atoms with E-state index >= 15 is 0 Å². The van der Waals surface area contributed by atoms with E-state index in [9.17, 15) is 4.39 Å². The van der Waals surface area contributed by atoms with Crippen molar-refractivity contribution >= 4 is 11.8 Å². The lowest BCUT2D eigenvalue weighted by Crippen LogP contribution is -1.86. The monoisotopic (exact) mass is 170 g/mol. The highest BCUT2D eigenvalue weighted by Gasteiger charge is 2.01. The summed E-state index contributed by atoms with van der Waals surface area (Å²) in [5.74, 6) is -0.165. The SMILES string of the molecule is CSC(C)c1ccc(F)cc1. The van der Waals surface area contributed by atoms with Gasteiger partial charge in [0.15, 0.2) is 0 Å². The highest BCUT2D eigenvalue weighted by atomic mass is 32.2. The Hall–Kier alpha value is -0.500. The zero-order chi connectivity index (χ0) is 8.27. The van der Waals surface area contributed by atoms with Crippen LogP contribution in [0.4, 0.5) is 4.39 Å². The predicted octanol–water partition coefficient (Wildman–Crippen LogP) is 3.25. The molecule has 0 saturated carbocycles. The molecule has 0 spiro atoms. The normalized spacial score (nSPS) is 13.0. The van der Waals surface area contributed by atoms with Crippen LogP contribution in [0.15, 0.2) is 24.3 Å². The number of rotatable bonds is 2. The first kappa shape index (κ1) is 8.60. The van der Waals surface area contributed by atoms with Crippen molar-refractivity contribution in [2.75, 3.05) is 6.26 Å². The Kier molecular flexibility index (Phi) is 2.94. The molecule has 0 amide bonds. The summed E-state index contributed by atoms with van der Waals surface area (Å²) in [6.07, 6.45) is 2.05. The van der Waals surface area contributed by atoms with Crippen LogP contribution in [0.2, 0.25) is 0 Å². The van der Waals surface area contributed by atoms with Gasteiger partial charge < -0.3 is 0 Å². The Morgan fingerprint density at radius 2 is 1.82 bits per heavy atom. The quantitative estimate of drug-likeness (QED) is 0.656. The molecule has 1 atom stereocenters. The van der Waals surface area contributed by atoms with Gasteiger partial charge in [0, 0.05) is 5.25 Å². The molecule has 0 bridgehead atoms. The fourth-order valence-corrected chi connectivity index (χ4v) is 1.30. The standard InChI is InChI=1S/C9H11FS/c1-7(11-2)8-3-5-9(10)6-4-8/h3-7H,1-2H3. The lowest BCUT2D eigenvalue weighted by Gasteiger charge is -2.06. The third-order valence-electron chi connectivity index (χ3n) is 1.69. The fraction of sp³-hybridized carbons (Fsp3) is 0.333. The number of halogens is 1. The molecule has 0 heterocycles. The Balaban J connectivity index is 2.81. The average molecular weight is 170 g/mol. The van der Waals surface area contributed by atoms with E-state index in [1.165, 1.54) is 17.7 Å². The van der Waals surface area contributed by atoms with Crippen molar-refractivity contribution in [3.05, 3.63) is 35.6 Å². The maximum atomic E-state index is 12.4. The molecule has 2 heteroatoms. The van der Waals surface area contributed by atoms with Gasteiger partial charge >= 0.3 is 0 Å².